The predicted molar refractivity (Wildman–Crippen MR) is 77.8 cm³/mol. The summed E-state index contributed by atoms with van der Waals surface area (Å²) in [6.45, 7) is 11.3. The number of carbonyl (C=O) groups excluding carboxylic acids is 1. The van der Waals surface area contributed by atoms with Crippen LogP contribution in [0.3, 0.4) is 0 Å². The first-order chi connectivity index (χ1) is 8.92. The van der Waals surface area contributed by atoms with Crippen LogP contribution in [0.4, 0.5) is 0 Å². The molecule has 0 saturated carbocycles. The molecule has 1 saturated heterocycles. The van der Waals surface area contributed by atoms with Crippen molar-refractivity contribution in [1.82, 2.24) is 10.2 Å². The van der Waals surface area contributed by atoms with Gasteiger partial charge in [0.1, 0.15) is 0 Å². The molecule has 1 fully saturated rings. The molecule has 1 amide bonds. The molecular formula is C15H30N2O2. The zero-order chi connectivity index (χ0) is 14.6. The summed E-state index contributed by atoms with van der Waals surface area (Å²) in [6.07, 6.45) is 2.08. The number of nitrogens with zero attached hydrogens (tertiary/aromatic N) is 1. The number of methoxy groups -OCH3 is 1. The molecule has 4 nitrogen and oxygen atoms in total. The van der Waals surface area contributed by atoms with Crippen molar-refractivity contribution in [2.24, 2.45) is 11.8 Å². The van der Waals surface area contributed by atoms with Gasteiger partial charge in [0.25, 0.3) is 0 Å². The van der Waals surface area contributed by atoms with Gasteiger partial charge in [-0.1, -0.05) is 34.6 Å². The van der Waals surface area contributed by atoms with Crippen molar-refractivity contribution in [3.8, 4) is 0 Å². The maximum absolute atomic E-state index is 12.6. The Balaban J connectivity index is 2.89. The Labute approximate surface area is 117 Å². The first-order valence-electron chi connectivity index (χ1n) is 7.49. The van der Waals surface area contributed by atoms with Gasteiger partial charge < -0.3 is 9.64 Å². The van der Waals surface area contributed by atoms with E-state index in [9.17, 15) is 4.79 Å². The summed E-state index contributed by atoms with van der Waals surface area (Å²) < 4.78 is 5.28. The number of rotatable bonds is 7. The van der Waals surface area contributed by atoms with Crippen LogP contribution in [-0.2, 0) is 9.53 Å². The second-order valence-corrected chi connectivity index (χ2v) is 6.30. The minimum absolute atomic E-state index is 0.0466. The standard InChI is InChI=1S/C15H30N2O2/c1-7-12(9-19-6)17-13(8-10(2)3)16-14(11(4)5)15(17)18/h10-14,16H,7-9H2,1-6H3. The second-order valence-electron chi connectivity index (χ2n) is 6.30. The van der Waals surface area contributed by atoms with Gasteiger partial charge in [-0.15, -0.1) is 0 Å². The van der Waals surface area contributed by atoms with Gasteiger partial charge in [-0.25, -0.2) is 0 Å². The highest BCUT2D eigenvalue weighted by Crippen LogP contribution is 2.25. The molecule has 1 aliphatic rings. The molecule has 1 heterocycles. The fraction of sp³-hybridized carbons (Fsp3) is 0.933. The molecule has 1 aliphatic heterocycles. The highest BCUT2D eigenvalue weighted by molar-refractivity contribution is 5.85. The maximum atomic E-state index is 12.6. The van der Waals surface area contributed by atoms with Crippen LogP contribution in [0.5, 0.6) is 0 Å². The summed E-state index contributed by atoms with van der Waals surface area (Å²) in [5.74, 6) is 1.13. The van der Waals surface area contributed by atoms with Gasteiger partial charge in [0.05, 0.1) is 24.9 Å². The Bertz CT molecular complexity index is 292. The van der Waals surface area contributed by atoms with Crippen LogP contribution in [0.1, 0.15) is 47.5 Å². The number of amides is 1. The molecule has 0 radical (unpaired) electrons. The quantitative estimate of drug-likeness (QED) is 0.771. The van der Waals surface area contributed by atoms with Crippen molar-refractivity contribution in [3.63, 3.8) is 0 Å². The van der Waals surface area contributed by atoms with Gasteiger partial charge in [-0.3, -0.25) is 10.1 Å². The Morgan fingerprint density at radius 2 is 1.95 bits per heavy atom. The molecule has 4 heteroatoms. The van der Waals surface area contributed by atoms with E-state index in [1.807, 2.05) is 4.90 Å². The summed E-state index contributed by atoms with van der Waals surface area (Å²) >= 11 is 0. The largest absolute Gasteiger partial charge is 0.383 e. The molecule has 1 N–H and O–H groups in total. The lowest BCUT2D eigenvalue weighted by atomic mass is 10.0. The van der Waals surface area contributed by atoms with E-state index in [2.05, 4.69) is 39.9 Å². The predicted octanol–water partition coefficient (Wildman–Crippen LogP) is 2.24. The topological polar surface area (TPSA) is 41.6 Å². The van der Waals surface area contributed by atoms with Gasteiger partial charge in [-0.2, -0.15) is 0 Å². The van der Waals surface area contributed by atoms with Crippen LogP contribution in [-0.4, -0.2) is 42.8 Å². The van der Waals surface area contributed by atoms with Gasteiger partial charge in [-0.05, 0) is 24.7 Å². The SMILES string of the molecule is CCC(COC)N1C(=O)C(C(C)C)NC1CC(C)C. The van der Waals surface area contributed by atoms with Crippen molar-refractivity contribution >= 4 is 5.91 Å². The average molecular weight is 270 g/mol. The first kappa shape index (κ1) is 16.4. The molecule has 3 unspecified atom stereocenters. The summed E-state index contributed by atoms with van der Waals surface area (Å²) in [6, 6.07) is 0.132. The zero-order valence-corrected chi connectivity index (χ0v) is 13.3. The molecular weight excluding hydrogens is 240 g/mol. The molecule has 0 aromatic rings. The number of hydrogen-bond acceptors (Lipinski definition) is 3. The Morgan fingerprint density at radius 1 is 1.32 bits per heavy atom. The van der Waals surface area contributed by atoms with Crippen molar-refractivity contribution in [1.29, 1.82) is 0 Å². The molecule has 0 spiro atoms. The van der Waals surface area contributed by atoms with E-state index >= 15 is 0 Å². The third-order valence-corrected chi connectivity index (χ3v) is 3.81. The first-order valence-corrected chi connectivity index (χ1v) is 7.49. The number of hydrogen-bond donors (Lipinski definition) is 1. The van der Waals surface area contributed by atoms with Crippen molar-refractivity contribution in [3.05, 3.63) is 0 Å². The lowest BCUT2D eigenvalue weighted by Crippen LogP contribution is -2.47. The number of carbonyl (C=O) groups is 1. The van der Waals surface area contributed by atoms with Crippen LogP contribution in [0.15, 0.2) is 0 Å². The minimum atomic E-state index is -0.0466. The third-order valence-electron chi connectivity index (χ3n) is 3.81. The highest BCUT2D eigenvalue weighted by Gasteiger charge is 2.43. The van der Waals surface area contributed by atoms with E-state index in [4.69, 9.17) is 4.74 Å². The van der Waals surface area contributed by atoms with Crippen molar-refractivity contribution in [2.45, 2.75) is 65.7 Å². The second kappa shape index (κ2) is 7.25. The average Bonchev–Trinajstić information content (AvgIpc) is 2.63. The number of ether oxygens (including phenoxy) is 1. The normalized spacial score (nSPS) is 25.7. The van der Waals surface area contributed by atoms with E-state index in [1.54, 1.807) is 7.11 Å². The molecule has 112 valence electrons. The minimum Gasteiger partial charge on any atom is -0.383 e. The zero-order valence-electron chi connectivity index (χ0n) is 13.3. The third kappa shape index (κ3) is 3.93. The van der Waals surface area contributed by atoms with Crippen LogP contribution >= 0.6 is 0 Å². The lowest BCUT2D eigenvalue weighted by Gasteiger charge is -2.32. The monoisotopic (exact) mass is 270 g/mol. The van der Waals surface area contributed by atoms with E-state index in [-0.39, 0.29) is 24.2 Å². The van der Waals surface area contributed by atoms with Crippen LogP contribution in [0, 0.1) is 11.8 Å². The summed E-state index contributed by atoms with van der Waals surface area (Å²) in [5, 5.41) is 3.52. The van der Waals surface area contributed by atoms with Gasteiger partial charge in [0, 0.05) is 7.11 Å². The number of nitrogens with one attached hydrogen (secondary N) is 1. The van der Waals surface area contributed by atoms with Gasteiger partial charge in [0.2, 0.25) is 5.91 Å². The van der Waals surface area contributed by atoms with Crippen LogP contribution in [0.25, 0.3) is 0 Å². The molecule has 0 aromatic carbocycles. The van der Waals surface area contributed by atoms with E-state index in [1.165, 1.54) is 0 Å². The summed E-state index contributed by atoms with van der Waals surface area (Å²) in [7, 11) is 1.70. The maximum Gasteiger partial charge on any atom is 0.241 e. The molecule has 0 bridgehead atoms. The van der Waals surface area contributed by atoms with Crippen molar-refractivity contribution < 1.29 is 9.53 Å². The fourth-order valence-corrected chi connectivity index (χ4v) is 2.80. The van der Waals surface area contributed by atoms with Gasteiger partial charge >= 0.3 is 0 Å². The molecule has 1 rings (SSSR count). The van der Waals surface area contributed by atoms with E-state index < -0.39 is 0 Å². The molecule has 0 aliphatic carbocycles. The van der Waals surface area contributed by atoms with Gasteiger partial charge in [0.15, 0.2) is 0 Å². The van der Waals surface area contributed by atoms with E-state index in [0.717, 1.165) is 12.8 Å². The smallest absolute Gasteiger partial charge is 0.241 e. The highest BCUT2D eigenvalue weighted by atomic mass is 16.5. The van der Waals surface area contributed by atoms with Crippen LogP contribution in [0.2, 0.25) is 0 Å². The Hall–Kier alpha value is -0.610. The van der Waals surface area contributed by atoms with Crippen molar-refractivity contribution in [2.75, 3.05) is 13.7 Å². The summed E-state index contributed by atoms with van der Waals surface area (Å²) in [5.41, 5.74) is 0. The fourth-order valence-electron chi connectivity index (χ4n) is 2.80. The van der Waals surface area contributed by atoms with E-state index in [0.29, 0.717) is 18.4 Å². The lowest BCUT2D eigenvalue weighted by molar-refractivity contribution is -0.134. The molecule has 0 aromatic heterocycles. The molecule has 19 heavy (non-hydrogen) atoms. The summed E-state index contributed by atoms with van der Waals surface area (Å²) in [4.78, 5) is 14.7. The Morgan fingerprint density at radius 3 is 2.37 bits per heavy atom. The Kier molecular flexibility index (Phi) is 6.27. The molecule has 3 atom stereocenters. The van der Waals surface area contributed by atoms with Crippen LogP contribution < -0.4 is 5.32 Å².